The first kappa shape index (κ1) is 19.1. The lowest BCUT2D eigenvalue weighted by Crippen LogP contribution is -2.14. The van der Waals surface area contributed by atoms with Gasteiger partial charge >= 0.3 is 5.97 Å². The van der Waals surface area contributed by atoms with Crippen LogP contribution in [0.5, 0.6) is 5.75 Å². The van der Waals surface area contributed by atoms with Crippen molar-refractivity contribution in [3.8, 4) is 5.75 Å². The summed E-state index contributed by atoms with van der Waals surface area (Å²) in [6.45, 7) is 3.79. The molecule has 2 rings (SSSR count). The van der Waals surface area contributed by atoms with Crippen molar-refractivity contribution >= 4 is 33.3 Å². The van der Waals surface area contributed by atoms with E-state index in [0.29, 0.717) is 11.4 Å². The van der Waals surface area contributed by atoms with Crippen molar-refractivity contribution in [2.75, 3.05) is 11.8 Å². The van der Waals surface area contributed by atoms with Gasteiger partial charge in [-0.25, -0.2) is 13.2 Å². The third-order valence-corrected chi connectivity index (χ3v) is 4.98. The number of carbonyl (C=O) groups excluding carboxylic acids is 1. The zero-order valence-corrected chi connectivity index (χ0v) is 15.5. The maximum absolute atomic E-state index is 12.6. The molecule has 0 saturated heterocycles. The van der Waals surface area contributed by atoms with Crippen molar-refractivity contribution in [2.24, 2.45) is 0 Å². The van der Waals surface area contributed by atoms with Gasteiger partial charge in [-0.2, -0.15) is 0 Å². The molecular formula is C17H18ClNO5S. The van der Waals surface area contributed by atoms with Crippen molar-refractivity contribution in [1.29, 1.82) is 0 Å². The van der Waals surface area contributed by atoms with Crippen molar-refractivity contribution in [3.63, 3.8) is 0 Å². The Morgan fingerprint density at radius 1 is 1.12 bits per heavy atom. The Balaban J connectivity index is 2.28. The van der Waals surface area contributed by atoms with Gasteiger partial charge < -0.3 is 9.47 Å². The molecule has 0 unspecified atom stereocenters. The molecule has 1 N–H and O–H groups in total. The molecule has 0 saturated carbocycles. The van der Waals surface area contributed by atoms with Crippen LogP contribution >= 0.6 is 11.6 Å². The number of esters is 1. The Labute approximate surface area is 151 Å². The fraction of sp³-hybridized carbons (Fsp3) is 0.235. The van der Waals surface area contributed by atoms with E-state index in [1.807, 2.05) is 13.8 Å². The number of benzene rings is 2. The number of halogens is 1. The number of ether oxygens (including phenoxy) is 2. The highest BCUT2D eigenvalue weighted by Gasteiger charge is 2.20. The first-order valence-corrected chi connectivity index (χ1v) is 9.26. The molecule has 6 nitrogen and oxygen atoms in total. The SMILES string of the molecule is COC(=O)c1ccc(Cl)c(S(=O)(=O)Nc2ccc(OC(C)C)cc2)c1. The van der Waals surface area contributed by atoms with Gasteiger partial charge in [0.1, 0.15) is 10.6 Å². The molecule has 134 valence electrons. The Bertz CT molecular complexity index is 863. The zero-order chi connectivity index (χ0) is 18.6. The van der Waals surface area contributed by atoms with E-state index in [1.165, 1.54) is 25.3 Å². The van der Waals surface area contributed by atoms with Crippen LogP contribution in [0.1, 0.15) is 24.2 Å². The minimum absolute atomic E-state index is 0.0000793. The Kier molecular flexibility index (Phi) is 5.92. The second kappa shape index (κ2) is 7.76. The summed E-state index contributed by atoms with van der Waals surface area (Å²) in [5, 5.41) is -0.0000793. The zero-order valence-electron chi connectivity index (χ0n) is 13.9. The summed E-state index contributed by atoms with van der Waals surface area (Å²) in [7, 11) is -2.76. The van der Waals surface area contributed by atoms with E-state index in [1.54, 1.807) is 24.3 Å². The van der Waals surface area contributed by atoms with Gasteiger partial charge in [-0.3, -0.25) is 4.72 Å². The summed E-state index contributed by atoms with van der Waals surface area (Å²) in [4.78, 5) is 11.4. The molecule has 0 fully saturated rings. The topological polar surface area (TPSA) is 81.7 Å². The number of anilines is 1. The summed E-state index contributed by atoms with van der Waals surface area (Å²) in [5.74, 6) is -0.0213. The third kappa shape index (κ3) is 4.87. The molecule has 2 aromatic carbocycles. The van der Waals surface area contributed by atoms with E-state index in [9.17, 15) is 13.2 Å². The van der Waals surface area contributed by atoms with Gasteiger partial charge in [-0.05, 0) is 56.3 Å². The van der Waals surface area contributed by atoms with Crippen LogP contribution < -0.4 is 9.46 Å². The molecule has 25 heavy (non-hydrogen) atoms. The highest BCUT2D eigenvalue weighted by Crippen LogP contribution is 2.26. The van der Waals surface area contributed by atoms with E-state index in [2.05, 4.69) is 9.46 Å². The minimum atomic E-state index is -3.97. The molecule has 0 aliphatic carbocycles. The third-order valence-electron chi connectivity index (χ3n) is 3.12. The first-order chi connectivity index (χ1) is 11.7. The molecule has 0 atom stereocenters. The molecule has 0 bridgehead atoms. The number of methoxy groups -OCH3 is 1. The molecule has 0 aliphatic heterocycles. The van der Waals surface area contributed by atoms with Crippen LogP contribution in [0.25, 0.3) is 0 Å². The quantitative estimate of drug-likeness (QED) is 0.769. The molecule has 0 heterocycles. The Morgan fingerprint density at radius 3 is 2.32 bits per heavy atom. The Morgan fingerprint density at radius 2 is 1.76 bits per heavy atom. The van der Waals surface area contributed by atoms with E-state index in [-0.39, 0.29) is 21.6 Å². The van der Waals surface area contributed by atoms with Crippen LogP contribution in [0.3, 0.4) is 0 Å². The van der Waals surface area contributed by atoms with E-state index >= 15 is 0 Å². The first-order valence-electron chi connectivity index (χ1n) is 7.40. The predicted molar refractivity (Wildman–Crippen MR) is 95.8 cm³/mol. The van der Waals surface area contributed by atoms with Gasteiger partial charge in [0.25, 0.3) is 10.0 Å². The highest BCUT2D eigenvalue weighted by atomic mass is 35.5. The van der Waals surface area contributed by atoms with Crippen molar-refractivity contribution in [3.05, 3.63) is 53.1 Å². The van der Waals surface area contributed by atoms with Gasteiger partial charge in [-0.1, -0.05) is 11.6 Å². The van der Waals surface area contributed by atoms with Crippen molar-refractivity contribution in [1.82, 2.24) is 0 Å². The monoisotopic (exact) mass is 383 g/mol. The summed E-state index contributed by atoms with van der Waals surface area (Å²) < 4.78 is 37.7. The molecule has 0 spiro atoms. The number of hydrogen-bond acceptors (Lipinski definition) is 5. The largest absolute Gasteiger partial charge is 0.491 e. The van der Waals surface area contributed by atoms with Gasteiger partial charge in [-0.15, -0.1) is 0 Å². The normalized spacial score (nSPS) is 11.2. The molecule has 2 aromatic rings. The van der Waals surface area contributed by atoms with Crippen LogP contribution in [-0.2, 0) is 14.8 Å². The van der Waals surface area contributed by atoms with E-state index in [4.69, 9.17) is 16.3 Å². The van der Waals surface area contributed by atoms with Gasteiger partial charge in [0.2, 0.25) is 0 Å². The predicted octanol–water partition coefficient (Wildman–Crippen LogP) is 3.71. The van der Waals surface area contributed by atoms with Gasteiger partial charge in [0.05, 0.1) is 23.8 Å². The van der Waals surface area contributed by atoms with Gasteiger partial charge in [0, 0.05) is 5.69 Å². The number of carbonyl (C=O) groups is 1. The van der Waals surface area contributed by atoms with Crippen LogP contribution in [-0.4, -0.2) is 27.6 Å². The number of nitrogens with one attached hydrogen (secondary N) is 1. The number of sulfonamides is 1. The highest BCUT2D eigenvalue weighted by molar-refractivity contribution is 7.92. The summed E-state index contributed by atoms with van der Waals surface area (Å²) in [5.41, 5.74) is 0.434. The molecular weight excluding hydrogens is 366 g/mol. The Hall–Kier alpha value is -2.25. The number of rotatable bonds is 6. The molecule has 0 aromatic heterocycles. The lowest BCUT2D eigenvalue weighted by atomic mass is 10.2. The summed E-state index contributed by atoms with van der Waals surface area (Å²) >= 11 is 5.99. The second-order valence-electron chi connectivity index (χ2n) is 5.43. The number of hydrogen-bond donors (Lipinski definition) is 1. The van der Waals surface area contributed by atoms with Crippen LogP contribution in [0.4, 0.5) is 5.69 Å². The van der Waals surface area contributed by atoms with Gasteiger partial charge in [0.15, 0.2) is 0 Å². The average molecular weight is 384 g/mol. The second-order valence-corrected chi connectivity index (χ2v) is 7.49. The molecule has 0 amide bonds. The van der Waals surface area contributed by atoms with Crippen molar-refractivity contribution in [2.45, 2.75) is 24.8 Å². The summed E-state index contributed by atoms with van der Waals surface area (Å²) in [6, 6.07) is 10.4. The smallest absolute Gasteiger partial charge is 0.337 e. The lowest BCUT2D eigenvalue weighted by Gasteiger charge is -2.12. The maximum Gasteiger partial charge on any atom is 0.337 e. The standard InChI is InChI=1S/C17H18ClNO5S/c1-11(2)24-14-7-5-13(6-8-14)19-25(21,22)16-10-12(17(20)23-3)4-9-15(16)18/h4-11,19H,1-3H3. The van der Waals surface area contributed by atoms with Crippen LogP contribution in [0, 0.1) is 0 Å². The molecule has 0 radical (unpaired) electrons. The van der Waals surface area contributed by atoms with Crippen LogP contribution in [0.15, 0.2) is 47.4 Å². The van der Waals surface area contributed by atoms with Crippen LogP contribution in [0.2, 0.25) is 5.02 Å². The fourth-order valence-electron chi connectivity index (χ4n) is 2.04. The fourth-order valence-corrected chi connectivity index (χ4v) is 3.62. The van der Waals surface area contributed by atoms with E-state index in [0.717, 1.165) is 0 Å². The van der Waals surface area contributed by atoms with Crippen molar-refractivity contribution < 1.29 is 22.7 Å². The molecule has 8 heteroatoms. The maximum atomic E-state index is 12.6. The summed E-state index contributed by atoms with van der Waals surface area (Å²) in [6.07, 6.45) is 0.0161. The average Bonchev–Trinajstić information content (AvgIpc) is 2.55. The molecule has 0 aliphatic rings. The minimum Gasteiger partial charge on any atom is -0.491 e. The lowest BCUT2D eigenvalue weighted by molar-refractivity contribution is 0.0600. The van der Waals surface area contributed by atoms with E-state index < -0.39 is 16.0 Å².